The SMILES string of the molecule is CNCc1cc(OC)cc(C(F)(F)F)c1.Cl. The van der Waals surface area contributed by atoms with E-state index in [2.05, 4.69) is 5.32 Å². The minimum Gasteiger partial charge on any atom is -0.497 e. The molecule has 1 rings (SSSR count). The van der Waals surface area contributed by atoms with Crippen molar-refractivity contribution in [3.05, 3.63) is 29.3 Å². The van der Waals surface area contributed by atoms with Gasteiger partial charge in [-0.2, -0.15) is 13.2 Å². The molecule has 0 spiro atoms. The minimum absolute atomic E-state index is 0. The molecule has 0 heterocycles. The Labute approximate surface area is 98.2 Å². The number of halogens is 4. The topological polar surface area (TPSA) is 21.3 Å². The van der Waals surface area contributed by atoms with Gasteiger partial charge in [0.15, 0.2) is 0 Å². The van der Waals surface area contributed by atoms with Gasteiger partial charge in [-0.1, -0.05) is 0 Å². The zero-order chi connectivity index (χ0) is 11.5. The number of hydrogen-bond donors (Lipinski definition) is 1. The highest BCUT2D eigenvalue weighted by atomic mass is 35.5. The normalized spacial score (nSPS) is 10.8. The molecule has 0 aliphatic rings. The van der Waals surface area contributed by atoms with Gasteiger partial charge in [0.25, 0.3) is 0 Å². The van der Waals surface area contributed by atoms with Gasteiger partial charge in [-0.05, 0) is 30.8 Å². The average molecular weight is 256 g/mol. The Morgan fingerprint density at radius 1 is 1.25 bits per heavy atom. The Hall–Kier alpha value is -0.940. The maximum Gasteiger partial charge on any atom is 0.416 e. The van der Waals surface area contributed by atoms with Gasteiger partial charge in [0, 0.05) is 6.54 Å². The summed E-state index contributed by atoms with van der Waals surface area (Å²) in [7, 11) is 3.02. The molecule has 0 amide bonds. The van der Waals surface area contributed by atoms with E-state index in [-0.39, 0.29) is 18.2 Å². The maximum absolute atomic E-state index is 12.4. The van der Waals surface area contributed by atoms with E-state index in [1.54, 1.807) is 13.1 Å². The summed E-state index contributed by atoms with van der Waals surface area (Å²) >= 11 is 0. The first-order valence-corrected chi connectivity index (χ1v) is 4.37. The van der Waals surface area contributed by atoms with E-state index in [0.29, 0.717) is 12.1 Å². The molecule has 0 bridgehead atoms. The van der Waals surface area contributed by atoms with E-state index in [0.717, 1.165) is 12.1 Å². The van der Waals surface area contributed by atoms with E-state index < -0.39 is 11.7 Å². The average Bonchev–Trinajstić information content (AvgIpc) is 2.16. The monoisotopic (exact) mass is 255 g/mol. The fraction of sp³-hybridized carbons (Fsp3) is 0.400. The first-order valence-electron chi connectivity index (χ1n) is 4.37. The van der Waals surface area contributed by atoms with Crippen molar-refractivity contribution in [2.45, 2.75) is 12.7 Å². The zero-order valence-electron chi connectivity index (χ0n) is 8.89. The maximum atomic E-state index is 12.4. The Morgan fingerprint density at radius 3 is 2.31 bits per heavy atom. The lowest BCUT2D eigenvalue weighted by atomic mass is 10.1. The number of hydrogen-bond acceptors (Lipinski definition) is 2. The first-order chi connectivity index (χ1) is 6.97. The van der Waals surface area contributed by atoms with E-state index >= 15 is 0 Å². The predicted octanol–water partition coefficient (Wildman–Crippen LogP) is 2.86. The van der Waals surface area contributed by atoms with Crippen LogP contribution in [0.5, 0.6) is 5.75 Å². The highest BCUT2D eigenvalue weighted by molar-refractivity contribution is 5.85. The summed E-state index contributed by atoms with van der Waals surface area (Å²) in [6, 6.07) is 3.67. The zero-order valence-corrected chi connectivity index (χ0v) is 9.71. The number of nitrogens with one attached hydrogen (secondary N) is 1. The van der Waals surface area contributed by atoms with Crippen LogP contribution in [0.3, 0.4) is 0 Å². The third-order valence-corrected chi connectivity index (χ3v) is 1.91. The van der Waals surface area contributed by atoms with Crippen molar-refractivity contribution in [3.63, 3.8) is 0 Å². The molecule has 0 aromatic heterocycles. The van der Waals surface area contributed by atoms with Crippen LogP contribution < -0.4 is 10.1 Å². The highest BCUT2D eigenvalue weighted by Crippen LogP contribution is 2.32. The van der Waals surface area contributed by atoms with Crippen LogP contribution in [-0.4, -0.2) is 14.2 Å². The molecule has 0 atom stereocenters. The van der Waals surface area contributed by atoms with Gasteiger partial charge in [-0.3, -0.25) is 0 Å². The molecule has 2 nitrogen and oxygen atoms in total. The molecule has 0 aliphatic carbocycles. The van der Waals surface area contributed by atoms with Gasteiger partial charge in [0.05, 0.1) is 12.7 Å². The second-order valence-electron chi connectivity index (χ2n) is 3.10. The molecule has 6 heteroatoms. The molecule has 1 aromatic rings. The quantitative estimate of drug-likeness (QED) is 0.897. The van der Waals surface area contributed by atoms with Crippen LogP contribution >= 0.6 is 12.4 Å². The molecule has 0 fully saturated rings. The van der Waals surface area contributed by atoms with E-state index in [9.17, 15) is 13.2 Å². The van der Waals surface area contributed by atoms with Crippen molar-refractivity contribution < 1.29 is 17.9 Å². The van der Waals surface area contributed by atoms with Gasteiger partial charge in [0.2, 0.25) is 0 Å². The number of rotatable bonds is 3. The number of alkyl halides is 3. The summed E-state index contributed by atoms with van der Waals surface area (Å²) in [5.41, 5.74) is -0.142. The molecular formula is C10H13ClF3NO. The fourth-order valence-corrected chi connectivity index (χ4v) is 1.25. The van der Waals surface area contributed by atoms with Crippen LogP contribution in [0.4, 0.5) is 13.2 Å². The molecule has 92 valence electrons. The molecule has 0 unspecified atom stereocenters. The number of benzene rings is 1. The Kier molecular flexibility index (Phi) is 5.61. The van der Waals surface area contributed by atoms with E-state index in [1.165, 1.54) is 7.11 Å². The lowest BCUT2D eigenvalue weighted by molar-refractivity contribution is -0.137. The summed E-state index contributed by atoms with van der Waals surface area (Å²) in [6.07, 6.45) is -4.34. The number of ether oxygens (including phenoxy) is 1. The van der Waals surface area contributed by atoms with Crippen LogP contribution in [0.25, 0.3) is 0 Å². The third kappa shape index (κ3) is 3.90. The van der Waals surface area contributed by atoms with Crippen LogP contribution in [0.1, 0.15) is 11.1 Å². The van der Waals surface area contributed by atoms with Gasteiger partial charge >= 0.3 is 6.18 Å². The molecule has 0 aliphatic heterocycles. The standard InChI is InChI=1S/C10H12F3NO.ClH/c1-14-6-7-3-8(10(11,12)13)5-9(4-7)15-2;/h3-5,14H,6H2,1-2H3;1H. The first kappa shape index (κ1) is 15.1. The van der Waals surface area contributed by atoms with Gasteiger partial charge in [-0.15, -0.1) is 12.4 Å². The van der Waals surface area contributed by atoms with Crippen molar-refractivity contribution >= 4 is 12.4 Å². The molecular weight excluding hydrogens is 243 g/mol. The molecule has 1 aromatic carbocycles. The van der Waals surface area contributed by atoms with E-state index in [4.69, 9.17) is 4.74 Å². The van der Waals surface area contributed by atoms with Crippen LogP contribution in [-0.2, 0) is 12.7 Å². The van der Waals surface area contributed by atoms with Crippen LogP contribution in [0.15, 0.2) is 18.2 Å². The lowest BCUT2D eigenvalue weighted by Crippen LogP contribution is -2.09. The van der Waals surface area contributed by atoms with Gasteiger partial charge in [0.1, 0.15) is 5.75 Å². The predicted molar refractivity (Wildman–Crippen MR) is 58.0 cm³/mol. The Morgan fingerprint density at radius 2 is 1.88 bits per heavy atom. The molecule has 1 N–H and O–H groups in total. The lowest BCUT2D eigenvalue weighted by Gasteiger charge is -2.11. The summed E-state index contributed by atoms with van der Waals surface area (Å²) in [6.45, 7) is 0.375. The molecule has 0 saturated heterocycles. The highest BCUT2D eigenvalue weighted by Gasteiger charge is 2.31. The van der Waals surface area contributed by atoms with Crippen LogP contribution in [0.2, 0.25) is 0 Å². The summed E-state index contributed by atoms with van der Waals surface area (Å²) in [5, 5.41) is 2.79. The Bertz CT molecular complexity index is 341. The summed E-state index contributed by atoms with van der Waals surface area (Å²) in [5.74, 6) is 0.218. The molecule has 0 saturated carbocycles. The van der Waals surface area contributed by atoms with Gasteiger partial charge < -0.3 is 10.1 Å². The van der Waals surface area contributed by atoms with Crippen molar-refractivity contribution in [1.82, 2.24) is 5.32 Å². The van der Waals surface area contributed by atoms with E-state index in [1.807, 2.05) is 0 Å². The van der Waals surface area contributed by atoms with Crippen molar-refractivity contribution in [2.75, 3.05) is 14.2 Å². The third-order valence-electron chi connectivity index (χ3n) is 1.91. The van der Waals surface area contributed by atoms with Crippen molar-refractivity contribution in [2.24, 2.45) is 0 Å². The van der Waals surface area contributed by atoms with Crippen molar-refractivity contribution in [1.29, 1.82) is 0 Å². The Balaban J connectivity index is 0.00000225. The fourth-order valence-electron chi connectivity index (χ4n) is 1.25. The molecule has 0 radical (unpaired) electrons. The molecule has 16 heavy (non-hydrogen) atoms. The second kappa shape index (κ2) is 5.96. The smallest absolute Gasteiger partial charge is 0.416 e. The van der Waals surface area contributed by atoms with Crippen LogP contribution in [0, 0.1) is 0 Å². The second-order valence-corrected chi connectivity index (χ2v) is 3.10. The minimum atomic E-state index is -4.34. The largest absolute Gasteiger partial charge is 0.497 e. The van der Waals surface area contributed by atoms with Gasteiger partial charge in [-0.25, -0.2) is 0 Å². The summed E-state index contributed by atoms with van der Waals surface area (Å²) < 4.78 is 42.2. The number of methoxy groups -OCH3 is 1. The summed E-state index contributed by atoms with van der Waals surface area (Å²) in [4.78, 5) is 0. The van der Waals surface area contributed by atoms with Crippen molar-refractivity contribution in [3.8, 4) is 5.75 Å².